The van der Waals surface area contributed by atoms with Crippen LogP contribution in [0.4, 0.5) is 4.39 Å². The Kier molecular flexibility index (Phi) is 7.81. The van der Waals surface area contributed by atoms with Crippen LogP contribution in [0.3, 0.4) is 0 Å². The summed E-state index contributed by atoms with van der Waals surface area (Å²) < 4.78 is 47.7. The van der Waals surface area contributed by atoms with Crippen LogP contribution in [0.25, 0.3) is 10.9 Å². The number of para-hydroxylation sites is 1. The number of sulfonamides is 1. The van der Waals surface area contributed by atoms with E-state index in [4.69, 9.17) is 4.42 Å². The first-order chi connectivity index (χ1) is 17.3. The van der Waals surface area contributed by atoms with E-state index in [1.165, 1.54) is 27.4 Å². The van der Waals surface area contributed by atoms with Gasteiger partial charge >= 0.3 is 0 Å². The summed E-state index contributed by atoms with van der Waals surface area (Å²) in [7, 11) is -4.02. The number of nitrogens with zero attached hydrogens (tertiary/aromatic N) is 3. The number of benzene rings is 2. The second kappa shape index (κ2) is 11.0. The Hall–Kier alpha value is -3.56. The lowest BCUT2D eigenvalue weighted by atomic mass is 10.2. The summed E-state index contributed by atoms with van der Waals surface area (Å²) >= 11 is 0. The van der Waals surface area contributed by atoms with Gasteiger partial charge in [-0.25, -0.2) is 12.8 Å². The molecule has 0 aliphatic carbocycles. The van der Waals surface area contributed by atoms with Gasteiger partial charge in [0.1, 0.15) is 22.2 Å². The molecule has 0 fully saturated rings. The third-order valence-electron chi connectivity index (χ3n) is 5.78. The normalized spacial score (nSPS) is 11.8. The minimum Gasteiger partial charge on any atom is -0.464 e. The SMILES string of the molecule is CCCN(CC(=O)N(Cc1ccc(F)cc1)Cc1ccc(C)o1)S(=O)(=O)c1cccc2cccnc12. The Labute approximate surface area is 210 Å². The van der Waals surface area contributed by atoms with Crippen molar-refractivity contribution in [1.29, 1.82) is 0 Å². The van der Waals surface area contributed by atoms with Crippen molar-refractivity contribution in [2.75, 3.05) is 13.1 Å². The standard InChI is InChI=1S/C27H28FN3O4S/c1-3-16-31(36(33,34)25-8-4-6-22-7-5-15-29-27(22)25)19-26(32)30(18-24-14-9-20(2)35-24)17-21-10-12-23(28)13-11-21/h4-15H,3,16-19H2,1-2H3. The van der Waals surface area contributed by atoms with E-state index < -0.39 is 15.9 Å². The van der Waals surface area contributed by atoms with Crippen molar-refractivity contribution >= 4 is 26.8 Å². The first kappa shape index (κ1) is 25.5. The zero-order chi connectivity index (χ0) is 25.7. The van der Waals surface area contributed by atoms with Gasteiger partial charge in [0, 0.05) is 24.7 Å². The van der Waals surface area contributed by atoms with Gasteiger partial charge in [-0.2, -0.15) is 4.31 Å². The second-order valence-corrected chi connectivity index (χ2v) is 10.5. The molecule has 2 aromatic heterocycles. The average Bonchev–Trinajstić information content (AvgIpc) is 3.28. The molecule has 0 atom stereocenters. The molecular weight excluding hydrogens is 481 g/mol. The van der Waals surface area contributed by atoms with E-state index in [2.05, 4.69) is 4.98 Å². The van der Waals surface area contributed by atoms with Crippen molar-refractivity contribution in [2.45, 2.75) is 38.3 Å². The number of rotatable bonds is 10. The summed E-state index contributed by atoms with van der Waals surface area (Å²) in [6, 6.07) is 18.0. The smallest absolute Gasteiger partial charge is 0.245 e. The number of fused-ring (bicyclic) bond motifs is 1. The van der Waals surface area contributed by atoms with Crippen LogP contribution >= 0.6 is 0 Å². The fraction of sp³-hybridized carbons (Fsp3) is 0.259. The molecule has 9 heteroatoms. The third kappa shape index (κ3) is 5.80. The summed E-state index contributed by atoms with van der Waals surface area (Å²) in [6.45, 7) is 3.82. The number of halogens is 1. The molecule has 0 aliphatic heterocycles. The van der Waals surface area contributed by atoms with Crippen LogP contribution in [-0.4, -0.2) is 41.6 Å². The fourth-order valence-electron chi connectivity index (χ4n) is 4.01. The maximum Gasteiger partial charge on any atom is 0.245 e. The van der Waals surface area contributed by atoms with Gasteiger partial charge in [-0.1, -0.05) is 37.3 Å². The lowest BCUT2D eigenvalue weighted by molar-refractivity contribution is -0.133. The van der Waals surface area contributed by atoms with Crippen molar-refractivity contribution in [2.24, 2.45) is 0 Å². The predicted octanol–water partition coefficient (Wildman–Crippen LogP) is 4.91. The Morgan fingerprint density at radius 2 is 1.75 bits per heavy atom. The topological polar surface area (TPSA) is 83.7 Å². The van der Waals surface area contributed by atoms with E-state index in [0.29, 0.717) is 28.8 Å². The highest BCUT2D eigenvalue weighted by Crippen LogP contribution is 2.25. The average molecular weight is 510 g/mol. The number of pyridine rings is 1. The molecule has 2 heterocycles. The number of carbonyl (C=O) groups is 1. The van der Waals surface area contributed by atoms with E-state index >= 15 is 0 Å². The Bertz CT molecular complexity index is 1450. The molecule has 36 heavy (non-hydrogen) atoms. The van der Waals surface area contributed by atoms with Crippen molar-refractivity contribution in [1.82, 2.24) is 14.2 Å². The van der Waals surface area contributed by atoms with Gasteiger partial charge in [-0.15, -0.1) is 0 Å². The lowest BCUT2D eigenvalue weighted by Gasteiger charge is -2.27. The van der Waals surface area contributed by atoms with Gasteiger partial charge in [-0.05, 0) is 55.3 Å². The van der Waals surface area contributed by atoms with Gasteiger partial charge in [-0.3, -0.25) is 9.78 Å². The quantitative estimate of drug-likeness (QED) is 0.304. The molecule has 0 aliphatic rings. The minimum absolute atomic E-state index is 0.0635. The summed E-state index contributed by atoms with van der Waals surface area (Å²) in [4.78, 5) is 19.4. The van der Waals surface area contributed by atoms with Gasteiger partial charge in [0.15, 0.2) is 0 Å². The number of hydrogen-bond donors (Lipinski definition) is 0. The van der Waals surface area contributed by atoms with E-state index in [1.807, 2.05) is 13.8 Å². The van der Waals surface area contributed by atoms with Gasteiger partial charge < -0.3 is 9.32 Å². The van der Waals surface area contributed by atoms with Crippen LogP contribution in [0.15, 0.2) is 82.2 Å². The first-order valence-corrected chi connectivity index (χ1v) is 13.1. The fourth-order valence-corrected chi connectivity index (χ4v) is 5.66. The monoisotopic (exact) mass is 509 g/mol. The van der Waals surface area contributed by atoms with E-state index in [1.54, 1.807) is 54.7 Å². The van der Waals surface area contributed by atoms with Gasteiger partial charge in [0.05, 0.1) is 18.6 Å². The number of furan rings is 1. The molecule has 0 bridgehead atoms. The van der Waals surface area contributed by atoms with Crippen LogP contribution in [0.1, 0.15) is 30.4 Å². The third-order valence-corrected chi connectivity index (χ3v) is 7.66. The van der Waals surface area contributed by atoms with Crippen molar-refractivity contribution in [3.63, 3.8) is 0 Å². The molecule has 0 radical (unpaired) electrons. The Morgan fingerprint density at radius 1 is 1.00 bits per heavy atom. The second-order valence-electron chi connectivity index (χ2n) is 8.56. The molecule has 4 rings (SSSR count). The molecule has 0 saturated carbocycles. The molecular formula is C27H28FN3O4S. The van der Waals surface area contributed by atoms with Crippen LogP contribution in [0.2, 0.25) is 0 Å². The largest absolute Gasteiger partial charge is 0.464 e. The zero-order valence-corrected chi connectivity index (χ0v) is 21.0. The Balaban J connectivity index is 1.64. The highest BCUT2D eigenvalue weighted by molar-refractivity contribution is 7.89. The van der Waals surface area contributed by atoms with E-state index in [0.717, 1.165) is 5.56 Å². The first-order valence-electron chi connectivity index (χ1n) is 11.7. The molecule has 1 amide bonds. The maximum absolute atomic E-state index is 13.7. The number of amides is 1. The van der Waals surface area contributed by atoms with Crippen LogP contribution < -0.4 is 0 Å². The summed E-state index contributed by atoms with van der Waals surface area (Å²) in [5.41, 5.74) is 1.08. The van der Waals surface area contributed by atoms with Gasteiger partial charge in [0.2, 0.25) is 15.9 Å². The van der Waals surface area contributed by atoms with Crippen molar-refractivity contribution in [3.05, 3.63) is 95.8 Å². The highest BCUT2D eigenvalue weighted by atomic mass is 32.2. The summed E-state index contributed by atoms with van der Waals surface area (Å²) in [5, 5.41) is 0.701. The van der Waals surface area contributed by atoms with Crippen molar-refractivity contribution in [3.8, 4) is 0 Å². The molecule has 2 aromatic carbocycles. The zero-order valence-electron chi connectivity index (χ0n) is 20.2. The molecule has 4 aromatic rings. The van der Waals surface area contributed by atoms with E-state index in [-0.39, 0.29) is 36.9 Å². The minimum atomic E-state index is -4.02. The molecule has 188 valence electrons. The molecule has 0 spiro atoms. The van der Waals surface area contributed by atoms with Crippen LogP contribution in [0, 0.1) is 12.7 Å². The van der Waals surface area contributed by atoms with Crippen LogP contribution in [-0.2, 0) is 27.9 Å². The molecule has 0 saturated heterocycles. The highest BCUT2D eigenvalue weighted by Gasteiger charge is 2.30. The maximum atomic E-state index is 13.7. The Morgan fingerprint density at radius 3 is 2.44 bits per heavy atom. The van der Waals surface area contributed by atoms with Crippen LogP contribution in [0.5, 0.6) is 0 Å². The summed E-state index contributed by atoms with van der Waals surface area (Å²) in [5.74, 6) is 0.518. The van der Waals surface area contributed by atoms with Crippen molar-refractivity contribution < 1.29 is 22.0 Å². The molecule has 0 N–H and O–H groups in total. The predicted molar refractivity (Wildman–Crippen MR) is 135 cm³/mol. The number of aryl methyl sites for hydroxylation is 1. The molecule has 7 nitrogen and oxygen atoms in total. The van der Waals surface area contributed by atoms with E-state index in [9.17, 15) is 17.6 Å². The van der Waals surface area contributed by atoms with Gasteiger partial charge in [0.25, 0.3) is 0 Å². The number of hydrogen-bond acceptors (Lipinski definition) is 5. The lowest BCUT2D eigenvalue weighted by Crippen LogP contribution is -2.42. The number of carbonyl (C=O) groups excluding carboxylic acids is 1. The number of aromatic nitrogens is 1. The molecule has 0 unspecified atom stereocenters. The summed E-state index contributed by atoms with van der Waals surface area (Å²) in [6.07, 6.45) is 2.08.